The summed E-state index contributed by atoms with van der Waals surface area (Å²) < 4.78 is 39.2. The first-order valence-electron chi connectivity index (χ1n) is 5.57. The number of alkyl halides is 3. The molecule has 3 nitrogen and oxygen atoms in total. The van der Waals surface area contributed by atoms with Crippen LogP contribution in [0.4, 0.5) is 18.9 Å². The number of aromatic nitrogens is 1. The largest absolute Gasteiger partial charge is 0.418 e. The zero-order chi connectivity index (χ0) is 15.6. The SMILES string of the molecule is O=C(Nc1c(Cl)cccc1C(F)(F)F)c1ccc(Br)nc1. The van der Waals surface area contributed by atoms with Crippen molar-refractivity contribution in [2.45, 2.75) is 6.18 Å². The van der Waals surface area contributed by atoms with Gasteiger partial charge >= 0.3 is 6.18 Å². The number of carbonyl (C=O) groups excluding carboxylic acids is 1. The molecule has 2 aromatic rings. The van der Waals surface area contributed by atoms with Gasteiger partial charge in [0.2, 0.25) is 0 Å². The molecule has 0 fully saturated rings. The fourth-order valence-electron chi connectivity index (χ4n) is 1.58. The highest BCUT2D eigenvalue weighted by Gasteiger charge is 2.34. The molecular formula is C13H7BrClF3N2O. The van der Waals surface area contributed by atoms with Gasteiger partial charge in [0.1, 0.15) is 4.60 Å². The minimum Gasteiger partial charge on any atom is -0.320 e. The summed E-state index contributed by atoms with van der Waals surface area (Å²) in [6, 6.07) is 6.22. The lowest BCUT2D eigenvalue weighted by Crippen LogP contribution is -2.17. The Hall–Kier alpha value is -1.60. The third-order valence-electron chi connectivity index (χ3n) is 2.55. The van der Waals surface area contributed by atoms with Crippen molar-refractivity contribution >= 4 is 39.1 Å². The smallest absolute Gasteiger partial charge is 0.320 e. The lowest BCUT2D eigenvalue weighted by Gasteiger charge is -2.15. The van der Waals surface area contributed by atoms with E-state index < -0.39 is 23.3 Å². The lowest BCUT2D eigenvalue weighted by molar-refractivity contribution is -0.136. The number of carbonyl (C=O) groups is 1. The second kappa shape index (κ2) is 6.03. The molecule has 0 saturated carbocycles. The fourth-order valence-corrected chi connectivity index (χ4v) is 2.04. The Morgan fingerprint density at radius 2 is 1.95 bits per heavy atom. The minimum atomic E-state index is -4.62. The van der Waals surface area contributed by atoms with Crippen molar-refractivity contribution in [2.24, 2.45) is 0 Å². The van der Waals surface area contributed by atoms with Crippen LogP contribution in [0.1, 0.15) is 15.9 Å². The van der Waals surface area contributed by atoms with E-state index in [4.69, 9.17) is 11.6 Å². The first-order chi connectivity index (χ1) is 9.79. The van der Waals surface area contributed by atoms with Gasteiger partial charge in [-0.05, 0) is 40.2 Å². The molecule has 0 spiro atoms. The maximum atomic E-state index is 12.9. The van der Waals surface area contributed by atoms with Crippen molar-refractivity contribution in [3.63, 3.8) is 0 Å². The molecule has 1 aromatic carbocycles. The van der Waals surface area contributed by atoms with E-state index in [1.54, 1.807) is 0 Å². The molecule has 8 heteroatoms. The van der Waals surface area contributed by atoms with Gasteiger partial charge in [-0.3, -0.25) is 4.79 Å². The van der Waals surface area contributed by atoms with Gasteiger partial charge in [-0.15, -0.1) is 0 Å². The molecule has 0 aliphatic rings. The number of para-hydroxylation sites is 1. The third kappa shape index (κ3) is 3.74. The van der Waals surface area contributed by atoms with Crippen LogP contribution in [-0.2, 0) is 6.18 Å². The Morgan fingerprint density at radius 1 is 1.24 bits per heavy atom. The fraction of sp³-hybridized carbons (Fsp3) is 0.0769. The number of halogens is 5. The first-order valence-corrected chi connectivity index (χ1v) is 6.75. The Kier molecular flexibility index (Phi) is 4.53. The number of hydrogen-bond donors (Lipinski definition) is 1. The number of benzene rings is 1. The van der Waals surface area contributed by atoms with Crippen molar-refractivity contribution in [3.8, 4) is 0 Å². The molecule has 0 aliphatic carbocycles. The number of hydrogen-bond acceptors (Lipinski definition) is 2. The van der Waals surface area contributed by atoms with Crippen LogP contribution in [0.5, 0.6) is 0 Å². The number of rotatable bonds is 2. The van der Waals surface area contributed by atoms with E-state index in [-0.39, 0.29) is 10.6 Å². The Morgan fingerprint density at radius 3 is 2.52 bits per heavy atom. The highest BCUT2D eigenvalue weighted by atomic mass is 79.9. The summed E-state index contributed by atoms with van der Waals surface area (Å²) in [4.78, 5) is 15.8. The van der Waals surface area contributed by atoms with Crippen LogP contribution >= 0.6 is 27.5 Å². The summed E-state index contributed by atoms with van der Waals surface area (Å²) in [6.45, 7) is 0. The van der Waals surface area contributed by atoms with Gasteiger partial charge in [-0.2, -0.15) is 13.2 Å². The molecule has 0 atom stereocenters. The quantitative estimate of drug-likeness (QED) is 0.764. The van der Waals surface area contributed by atoms with Gasteiger partial charge in [-0.1, -0.05) is 17.7 Å². The molecular weight excluding hydrogens is 373 g/mol. The molecule has 21 heavy (non-hydrogen) atoms. The van der Waals surface area contributed by atoms with Crippen LogP contribution in [0.3, 0.4) is 0 Å². The lowest BCUT2D eigenvalue weighted by atomic mass is 10.1. The van der Waals surface area contributed by atoms with Crippen molar-refractivity contribution < 1.29 is 18.0 Å². The Bertz CT molecular complexity index is 674. The molecule has 1 N–H and O–H groups in total. The van der Waals surface area contributed by atoms with Gasteiger partial charge in [-0.25, -0.2) is 4.98 Å². The number of amides is 1. The maximum Gasteiger partial charge on any atom is 0.418 e. The molecule has 0 bridgehead atoms. The topological polar surface area (TPSA) is 42.0 Å². The van der Waals surface area contributed by atoms with Crippen molar-refractivity contribution in [2.75, 3.05) is 5.32 Å². The van der Waals surface area contributed by atoms with Crippen LogP contribution in [0.15, 0.2) is 41.1 Å². The predicted octanol–water partition coefficient (Wildman–Crippen LogP) is 4.77. The Labute approximate surface area is 131 Å². The summed E-state index contributed by atoms with van der Waals surface area (Å²) in [5.74, 6) is -0.728. The normalized spacial score (nSPS) is 11.3. The van der Waals surface area contributed by atoms with Crippen molar-refractivity contribution in [3.05, 3.63) is 57.3 Å². The second-order valence-corrected chi connectivity index (χ2v) is 5.20. The van der Waals surface area contributed by atoms with Gasteiger partial charge in [0.15, 0.2) is 0 Å². The maximum absolute atomic E-state index is 12.9. The molecule has 0 unspecified atom stereocenters. The van der Waals surface area contributed by atoms with E-state index in [0.717, 1.165) is 6.07 Å². The minimum absolute atomic E-state index is 0.117. The van der Waals surface area contributed by atoms with Crippen molar-refractivity contribution in [1.82, 2.24) is 4.98 Å². The molecule has 2 rings (SSSR count). The van der Waals surface area contributed by atoms with Gasteiger partial charge in [0.25, 0.3) is 5.91 Å². The molecule has 0 saturated heterocycles. The average molecular weight is 380 g/mol. The van der Waals surface area contributed by atoms with Crippen molar-refractivity contribution in [1.29, 1.82) is 0 Å². The zero-order valence-corrected chi connectivity index (χ0v) is 12.6. The highest BCUT2D eigenvalue weighted by molar-refractivity contribution is 9.10. The predicted molar refractivity (Wildman–Crippen MR) is 76.3 cm³/mol. The number of anilines is 1. The van der Waals surface area contributed by atoms with Gasteiger partial charge in [0.05, 0.1) is 21.8 Å². The van der Waals surface area contributed by atoms with Gasteiger partial charge in [0, 0.05) is 6.20 Å². The van der Waals surface area contributed by atoms with Crippen LogP contribution in [-0.4, -0.2) is 10.9 Å². The van der Waals surface area contributed by atoms with Gasteiger partial charge < -0.3 is 5.32 Å². The molecule has 110 valence electrons. The molecule has 0 radical (unpaired) electrons. The van der Waals surface area contributed by atoms with E-state index in [9.17, 15) is 18.0 Å². The van der Waals surface area contributed by atoms with E-state index >= 15 is 0 Å². The highest BCUT2D eigenvalue weighted by Crippen LogP contribution is 2.38. The summed E-state index contributed by atoms with van der Waals surface area (Å²) in [5, 5.41) is 1.98. The molecule has 0 aliphatic heterocycles. The molecule has 1 amide bonds. The second-order valence-electron chi connectivity index (χ2n) is 3.98. The van der Waals surface area contributed by atoms with Crippen LogP contribution in [0, 0.1) is 0 Å². The number of nitrogens with zero attached hydrogens (tertiary/aromatic N) is 1. The van der Waals surface area contributed by atoms with Crippen LogP contribution in [0.25, 0.3) is 0 Å². The van der Waals surface area contributed by atoms with E-state index in [1.807, 2.05) is 0 Å². The molecule has 1 aromatic heterocycles. The van der Waals surface area contributed by atoms with E-state index in [2.05, 4.69) is 26.2 Å². The Balaban J connectivity index is 2.35. The zero-order valence-electron chi connectivity index (χ0n) is 10.2. The summed E-state index contributed by atoms with van der Waals surface area (Å²) in [7, 11) is 0. The molecule has 1 heterocycles. The summed E-state index contributed by atoms with van der Waals surface area (Å²) >= 11 is 8.85. The number of nitrogens with one attached hydrogen (secondary N) is 1. The third-order valence-corrected chi connectivity index (χ3v) is 3.33. The van der Waals surface area contributed by atoms with E-state index in [1.165, 1.54) is 30.5 Å². The first kappa shape index (κ1) is 15.8. The van der Waals surface area contributed by atoms with Crippen LogP contribution in [0.2, 0.25) is 5.02 Å². The summed E-state index contributed by atoms with van der Waals surface area (Å²) in [5.41, 5.74) is -1.36. The van der Waals surface area contributed by atoms with E-state index in [0.29, 0.717) is 4.60 Å². The standard InChI is InChI=1S/C13H7BrClF3N2O/c14-10-5-4-7(6-19-10)12(21)20-11-8(13(16,17)18)2-1-3-9(11)15/h1-6H,(H,20,21). The van der Waals surface area contributed by atoms with Crippen LogP contribution < -0.4 is 5.32 Å². The average Bonchev–Trinajstić information content (AvgIpc) is 2.40. The number of pyridine rings is 1. The monoisotopic (exact) mass is 378 g/mol. The summed E-state index contributed by atoms with van der Waals surface area (Å²) in [6.07, 6.45) is -3.38.